The van der Waals surface area contributed by atoms with Gasteiger partial charge < -0.3 is 30.4 Å². The summed E-state index contributed by atoms with van der Waals surface area (Å²) in [5.74, 6) is 1.45. The minimum atomic E-state index is -1.69. The molecule has 33 heavy (non-hydrogen) atoms. The van der Waals surface area contributed by atoms with Crippen LogP contribution in [0.5, 0.6) is 0 Å². The van der Waals surface area contributed by atoms with Crippen molar-refractivity contribution in [2.24, 2.45) is 0 Å². The molecule has 0 fully saturated rings. The van der Waals surface area contributed by atoms with Gasteiger partial charge in [0.25, 0.3) is 0 Å². The van der Waals surface area contributed by atoms with Crippen molar-refractivity contribution in [2.75, 3.05) is 0 Å². The fraction of sp³-hybridized carbons (Fsp3) is 0.393. The molecule has 3 rings (SSSR count). The number of hydrogen-bond acceptors (Lipinski definition) is 2. The van der Waals surface area contributed by atoms with E-state index in [2.05, 4.69) is 41.5 Å². The van der Waals surface area contributed by atoms with Crippen LogP contribution in [0, 0.1) is 6.42 Å². The van der Waals surface area contributed by atoms with Crippen LogP contribution in [0.1, 0.15) is 52.7 Å². The second kappa shape index (κ2) is 20.9. The van der Waals surface area contributed by atoms with E-state index in [0.29, 0.717) is 17.0 Å². The monoisotopic (exact) mass is 533 g/mol. The van der Waals surface area contributed by atoms with E-state index in [-0.39, 0.29) is 21.7 Å². The second-order valence-electron chi connectivity index (χ2n) is 8.30. The van der Waals surface area contributed by atoms with E-state index in [0.717, 1.165) is 11.5 Å². The topological polar surface area (TPSA) is 22.3 Å². The number of hydrogen-bond donors (Lipinski definition) is 0. The molecule has 0 saturated heterocycles. The molecule has 178 valence electrons. The average molecular weight is 534 g/mol. The van der Waals surface area contributed by atoms with Crippen LogP contribution in [0.25, 0.3) is 5.16 Å². The zero-order valence-corrected chi connectivity index (χ0v) is 25.1. The Labute approximate surface area is 230 Å². The van der Waals surface area contributed by atoms with Gasteiger partial charge in [-0.25, -0.2) is 7.05 Å². The molecule has 0 N–H and O–H groups in total. The predicted molar refractivity (Wildman–Crippen MR) is 153 cm³/mol. The van der Waals surface area contributed by atoms with Gasteiger partial charge in [0.15, 0.2) is 0 Å². The zero-order valence-electron chi connectivity index (χ0n) is 21.0. The maximum atomic E-state index is 10.4. The van der Waals surface area contributed by atoms with Gasteiger partial charge >= 0.3 is 21.7 Å². The Hall–Kier alpha value is -0.436. The van der Waals surface area contributed by atoms with E-state index in [1.807, 2.05) is 91.4 Å². The molecule has 0 bridgehead atoms. The van der Waals surface area contributed by atoms with E-state index in [1.165, 1.54) is 11.1 Å². The maximum Gasteiger partial charge on any atom is 3.00 e. The predicted octanol–water partition coefficient (Wildman–Crippen LogP) is 8.76. The van der Waals surface area contributed by atoms with E-state index in [1.54, 1.807) is 0 Å². The van der Waals surface area contributed by atoms with Gasteiger partial charge in [0.05, 0.1) is 0 Å². The smallest absolute Gasteiger partial charge is 0.807 e. The van der Waals surface area contributed by atoms with Gasteiger partial charge in [-0.3, -0.25) is 0 Å². The van der Waals surface area contributed by atoms with Gasteiger partial charge in [0.2, 0.25) is 0 Å². The third kappa shape index (κ3) is 15.2. The molecule has 1 aliphatic carbocycles. The quantitative estimate of drug-likeness (QED) is 0.218. The molecule has 0 amide bonds. The zero-order chi connectivity index (χ0) is 24.4. The number of allylic oxidation sites excluding steroid dienone is 4. The van der Waals surface area contributed by atoms with Crippen molar-refractivity contribution in [1.29, 1.82) is 0 Å². The van der Waals surface area contributed by atoms with Crippen molar-refractivity contribution < 1.29 is 21.7 Å². The van der Waals surface area contributed by atoms with Crippen LogP contribution in [0.3, 0.4) is 0 Å². The molecule has 0 aromatic heterocycles. The van der Waals surface area contributed by atoms with Gasteiger partial charge in [-0.2, -0.15) is 11.5 Å². The number of benzene rings is 2. The minimum Gasteiger partial charge on any atom is -0.807 e. The Balaban J connectivity index is 0. The van der Waals surface area contributed by atoms with Gasteiger partial charge in [-0.15, -0.1) is 0 Å². The van der Waals surface area contributed by atoms with Crippen molar-refractivity contribution >= 4 is 32.3 Å². The van der Waals surface area contributed by atoms with Crippen molar-refractivity contribution in [3.63, 3.8) is 0 Å². The van der Waals surface area contributed by atoms with E-state index < -0.39 is 7.05 Å². The molecule has 2 radical (unpaired) electrons. The standard InChI is InChI=1S/C9H21NP.2C7H8S.C5H5.Ti/c1-7(2)11(10,8(3)4)9(5)6;2*8-6-7-4-2-1-3-5-7;1-2-4-5-3-1;/h7-9H,1-6H3;2*1-5,8H,6H2;1-5H;/q-1;;;;+3/p-2. The Morgan fingerprint density at radius 2 is 0.909 bits per heavy atom. The average Bonchev–Trinajstić information content (AvgIpc) is 3.40. The maximum absolute atomic E-state index is 10.4. The first kappa shape index (κ1) is 34.7. The first-order valence-corrected chi connectivity index (χ1v) is 14.3. The van der Waals surface area contributed by atoms with Crippen LogP contribution in [0.4, 0.5) is 0 Å². The molecule has 0 spiro atoms. The van der Waals surface area contributed by atoms with Crippen LogP contribution in [-0.4, -0.2) is 17.0 Å². The molecule has 2 aromatic carbocycles. The fourth-order valence-corrected chi connectivity index (χ4v) is 7.22. The Bertz CT molecular complexity index is 725. The van der Waals surface area contributed by atoms with Crippen molar-refractivity contribution in [2.45, 2.75) is 70.0 Å². The summed E-state index contributed by atoms with van der Waals surface area (Å²) in [6.07, 6.45) is 10.0. The van der Waals surface area contributed by atoms with Crippen LogP contribution < -0.4 is 0 Å². The fourth-order valence-electron chi connectivity index (χ4n) is 3.26. The third-order valence-corrected chi connectivity index (χ3v) is 10.7. The van der Waals surface area contributed by atoms with E-state index >= 15 is 0 Å². The molecule has 0 heterocycles. The molecule has 1 aliphatic rings. The molecule has 0 aliphatic heterocycles. The van der Waals surface area contributed by atoms with Crippen molar-refractivity contribution in [3.05, 3.63) is 108 Å². The van der Waals surface area contributed by atoms with E-state index in [9.17, 15) is 5.16 Å². The van der Waals surface area contributed by atoms with Crippen LogP contribution in [0.2, 0.25) is 0 Å². The van der Waals surface area contributed by atoms with Crippen molar-refractivity contribution in [1.82, 2.24) is 0 Å². The summed E-state index contributed by atoms with van der Waals surface area (Å²) in [5, 5.41) is 10.4. The summed E-state index contributed by atoms with van der Waals surface area (Å²) < 4.78 is 0. The Morgan fingerprint density at radius 1 is 0.606 bits per heavy atom. The van der Waals surface area contributed by atoms with Crippen molar-refractivity contribution in [3.8, 4) is 0 Å². The molecule has 0 unspecified atom stereocenters. The van der Waals surface area contributed by atoms with E-state index in [4.69, 9.17) is 25.3 Å². The summed E-state index contributed by atoms with van der Waals surface area (Å²) in [7, 11) is -1.69. The largest absolute Gasteiger partial charge is 3.00 e. The molecule has 2 aromatic rings. The molecular formula is C28H40NPS2Ti. The molecular weight excluding hydrogens is 493 g/mol. The van der Waals surface area contributed by atoms with Crippen LogP contribution >= 0.6 is 7.05 Å². The molecule has 5 heteroatoms. The minimum absolute atomic E-state index is 0. The summed E-state index contributed by atoms with van der Waals surface area (Å²) >= 11 is 9.64. The summed E-state index contributed by atoms with van der Waals surface area (Å²) in [5.41, 5.74) is 3.79. The van der Waals surface area contributed by atoms with Gasteiger partial charge in [0.1, 0.15) is 0 Å². The third-order valence-electron chi connectivity index (χ3n) is 5.06. The van der Waals surface area contributed by atoms with Crippen LogP contribution in [0.15, 0.2) is 85.0 Å². The van der Waals surface area contributed by atoms with Gasteiger partial charge in [0, 0.05) is 6.42 Å². The molecule has 0 saturated carbocycles. The van der Waals surface area contributed by atoms with Crippen LogP contribution in [-0.2, 0) is 58.5 Å². The summed E-state index contributed by atoms with van der Waals surface area (Å²) in [6, 6.07) is 20.1. The number of rotatable bonds is 5. The first-order chi connectivity index (χ1) is 15.2. The summed E-state index contributed by atoms with van der Waals surface area (Å²) in [6.45, 7) is 12.8. The Morgan fingerprint density at radius 3 is 1.03 bits per heavy atom. The SMILES string of the molecule is CC(C)P(=[N-])(C(C)C)C(C)C.[CH]1C=CC=C1.[S-]Cc1ccccc1.[S-]Cc1ccccc1.[Ti+3]. The number of nitrogens with zero attached hydrogens (tertiary/aromatic N) is 1. The summed E-state index contributed by atoms with van der Waals surface area (Å²) in [4.78, 5) is 0. The second-order valence-corrected chi connectivity index (χ2v) is 13.6. The first-order valence-electron chi connectivity index (χ1n) is 11.2. The Kier molecular flexibility index (Phi) is 22.0. The van der Waals surface area contributed by atoms with Gasteiger partial charge in [-0.05, 0) is 17.0 Å². The molecule has 0 atom stereocenters. The van der Waals surface area contributed by atoms with Gasteiger partial charge in [-0.1, -0.05) is 138 Å². The normalized spacial score (nSPS) is 11.6. The molecule has 1 nitrogen and oxygen atoms in total.